The molecule has 1 aromatic heterocycles. The minimum atomic E-state index is -0.216. The second-order valence-corrected chi connectivity index (χ2v) is 10.3. The molecule has 1 heterocycles. The zero-order valence-electron chi connectivity index (χ0n) is 20.6. The highest BCUT2D eigenvalue weighted by Gasteiger charge is 2.24. The second kappa shape index (κ2) is 11.8. The smallest absolute Gasteiger partial charge is 0.250 e. The predicted molar refractivity (Wildman–Crippen MR) is 150 cm³/mol. The number of rotatable bonds is 8. The summed E-state index contributed by atoms with van der Waals surface area (Å²) in [4.78, 5) is 12.7. The van der Waals surface area contributed by atoms with Gasteiger partial charge in [0.1, 0.15) is 5.75 Å². The lowest BCUT2D eigenvalue weighted by Gasteiger charge is -2.25. The molecule has 1 amide bonds. The van der Waals surface area contributed by atoms with E-state index >= 15 is 0 Å². The summed E-state index contributed by atoms with van der Waals surface area (Å²) in [5.74, 6) is 1.47. The first-order valence-electron chi connectivity index (χ1n) is 12.4. The average Bonchev–Trinajstić information content (AvgIpc) is 3.37. The highest BCUT2D eigenvalue weighted by Crippen LogP contribution is 2.35. The molecule has 0 unspecified atom stereocenters. The molecule has 0 spiro atoms. The molecule has 4 aromatic rings. The zero-order chi connectivity index (χ0) is 25.6. The topological polar surface area (TPSA) is 81.4 Å². The van der Waals surface area contributed by atoms with Gasteiger partial charge in [-0.3, -0.25) is 9.36 Å². The minimum absolute atomic E-state index is 0.176. The van der Waals surface area contributed by atoms with E-state index in [2.05, 4.69) is 25.3 Å². The first kappa shape index (κ1) is 25.3. The van der Waals surface area contributed by atoms with Crippen molar-refractivity contribution in [1.82, 2.24) is 20.2 Å². The minimum Gasteiger partial charge on any atom is -0.496 e. The SMILES string of the molecule is COc1ccc2ccccc2c1C=NNC(=O)CSc1nnc(-c2ccc(Cl)cc2)n1C1CCCCC1. The maximum Gasteiger partial charge on any atom is 0.250 e. The van der Waals surface area contributed by atoms with Gasteiger partial charge in [-0.05, 0) is 53.9 Å². The molecule has 0 saturated heterocycles. The van der Waals surface area contributed by atoms with Gasteiger partial charge in [-0.25, -0.2) is 5.43 Å². The Morgan fingerprint density at radius 1 is 1.11 bits per heavy atom. The molecule has 7 nitrogen and oxygen atoms in total. The average molecular weight is 534 g/mol. The number of fused-ring (bicyclic) bond motifs is 1. The van der Waals surface area contributed by atoms with Gasteiger partial charge in [-0.1, -0.05) is 73.0 Å². The van der Waals surface area contributed by atoms with Gasteiger partial charge < -0.3 is 4.74 Å². The third-order valence-electron chi connectivity index (χ3n) is 6.57. The number of halogens is 1. The number of carbonyl (C=O) groups is 1. The highest BCUT2D eigenvalue weighted by molar-refractivity contribution is 7.99. The monoisotopic (exact) mass is 533 g/mol. The number of methoxy groups -OCH3 is 1. The zero-order valence-corrected chi connectivity index (χ0v) is 22.1. The maximum atomic E-state index is 12.7. The van der Waals surface area contributed by atoms with E-state index in [0.717, 1.165) is 45.7 Å². The largest absolute Gasteiger partial charge is 0.496 e. The van der Waals surface area contributed by atoms with E-state index in [-0.39, 0.29) is 11.7 Å². The molecule has 0 atom stereocenters. The maximum absolute atomic E-state index is 12.7. The van der Waals surface area contributed by atoms with Gasteiger partial charge in [0.2, 0.25) is 0 Å². The summed E-state index contributed by atoms with van der Waals surface area (Å²) in [5.41, 5.74) is 4.43. The standard InChI is InChI=1S/C28H28ClN5O2S/c1-36-25-16-13-19-7-5-6-10-23(19)24(25)17-30-31-26(35)18-37-28-33-32-27(20-11-14-21(29)15-12-20)34(28)22-8-3-2-4-9-22/h5-7,10-17,22H,2-4,8-9,18H2,1H3,(H,31,35). The summed E-state index contributed by atoms with van der Waals surface area (Å²) >= 11 is 7.47. The molecule has 1 aliphatic carbocycles. The molecule has 1 aliphatic rings. The number of aromatic nitrogens is 3. The first-order chi connectivity index (χ1) is 18.1. The number of ether oxygens (including phenoxy) is 1. The van der Waals surface area contributed by atoms with E-state index in [4.69, 9.17) is 16.3 Å². The Labute approximate surface area is 225 Å². The molecule has 3 aromatic carbocycles. The summed E-state index contributed by atoms with van der Waals surface area (Å²) in [5, 5.41) is 16.7. The van der Waals surface area contributed by atoms with Gasteiger partial charge >= 0.3 is 0 Å². The van der Waals surface area contributed by atoms with Crippen LogP contribution in [0.25, 0.3) is 22.2 Å². The Morgan fingerprint density at radius 3 is 2.68 bits per heavy atom. The summed E-state index contributed by atoms with van der Waals surface area (Å²) in [6.45, 7) is 0. The van der Waals surface area contributed by atoms with Crippen LogP contribution >= 0.6 is 23.4 Å². The summed E-state index contributed by atoms with van der Waals surface area (Å²) in [6.07, 6.45) is 7.40. The molecule has 5 rings (SSSR count). The van der Waals surface area contributed by atoms with Gasteiger partial charge in [-0.15, -0.1) is 10.2 Å². The van der Waals surface area contributed by atoms with Crippen molar-refractivity contribution in [2.75, 3.05) is 12.9 Å². The van der Waals surface area contributed by atoms with Crippen molar-refractivity contribution in [3.05, 3.63) is 71.2 Å². The van der Waals surface area contributed by atoms with E-state index in [0.29, 0.717) is 16.8 Å². The van der Waals surface area contributed by atoms with Gasteiger partial charge in [0.15, 0.2) is 11.0 Å². The molecule has 190 valence electrons. The van der Waals surface area contributed by atoms with Crippen molar-refractivity contribution >= 4 is 46.3 Å². The van der Waals surface area contributed by atoms with Crippen LogP contribution in [0.1, 0.15) is 43.7 Å². The highest BCUT2D eigenvalue weighted by atomic mass is 35.5. The van der Waals surface area contributed by atoms with E-state index in [1.54, 1.807) is 13.3 Å². The quantitative estimate of drug-likeness (QED) is 0.159. The van der Waals surface area contributed by atoms with Crippen LogP contribution in [0.4, 0.5) is 0 Å². The normalized spacial score (nSPS) is 14.3. The van der Waals surface area contributed by atoms with Crippen molar-refractivity contribution in [2.24, 2.45) is 5.10 Å². The van der Waals surface area contributed by atoms with Crippen molar-refractivity contribution in [3.63, 3.8) is 0 Å². The Bertz CT molecular complexity index is 1410. The molecular formula is C28H28ClN5O2S. The predicted octanol–water partition coefficient (Wildman–Crippen LogP) is 6.51. The van der Waals surface area contributed by atoms with E-state index in [1.165, 1.54) is 31.0 Å². The number of nitrogens with one attached hydrogen (secondary N) is 1. The van der Waals surface area contributed by atoms with Crippen LogP contribution in [0, 0.1) is 0 Å². The fourth-order valence-corrected chi connectivity index (χ4v) is 5.68. The number of hydrogen-bond acceptors (Lipinski definition) is 6. The summed E-state index contributed by atoms with van der Waals surface area (Å²) in [7, 11) is 1.62. The lowest BCUT2D eigenvalue weighted by Crippen LogP contribution is -2.21. The third kappa shape index (κ3) is 5.81. The van der Waals surface area contributed by atoms with Crippen molar-refractivity contribution < 1.29 is 9.53 Å². The van der Waals surface area contributed by atoms with Gasteiger partial charge in [0.05, 0.1) is 19.1 Å². The Hall–Kier alpha value is -3.36. The van der Waals surface area contributed by atoms with E-state index < -0.39 is 0 Å². The van der Waals surface area contributed by atoms with Crippen molar-refractivity contribution in [1.29, 1.82) is 0 Å². The Balaban J connectivity index is 1.30. The van der Waals surface area contributed by atoms with Crippen LogP contribution in [0.5, 0.6) is 5.75 Å². The second-order valence-electron chi connectivity index (χ2n) is 8.96. The summed E-state index contributed by atoms with van der Waals surface area (Å²) in [6, 6.07) is 19.9. The fraction of sp³-hybridized carbons (Fsp3) is 0.286. The first-order valence-corrected chi connectivity index (χ1v) is 13.7. The molecule has 1 saturated carbocycles. The molecule has 0 aliphatic heterocycles. The molecule has 1 fully saturated rings. The van der Waals surface area contributed by atoms with Gasteiger partial charge in [0, 0.05) is 22.2 Å². The fourth-order valence-electron chi connectivity index (χ4n) is 4.76. The third-order valence-corrected chi connectivity index (χ3v) is 7.77. The van der Waals surface area contributed by atoms with Gasteiger partial charge in [0.25, 0.3) is 5.91 Å². The molecule has 0 bridgehead atoms. The van der Waals surface area contributed by atoms with E-state index in [1.807, 2.05) is 60.7 Å². The van der Waals surface area contributed by atoms with E-state index in [9.17, 15) is 4.79 Å². The Kier molecular flexibility index (Phi) is 8.06. The molecule has 0 radical (unpaired) electrons. The number of amides is 1. The summed E-state index contributed by atoms with van der Waals surface area (Å²) < 4.78 is 7.70. The lowest BCUT2D eigenvalue weighted by atomic mass is 9.95. The number of hydrazone groups is 1. The van der Waals surface area contributed by atoms with Crippen LogP contribution in [-0.4, -0.2) is 39.7 Å². The number of carbonyl (C=O) groups excluding carboxylic acids is 1. The number of nitrogens with zero attached hydrogens (tertiary/aromatic N) is 4. The molecule has 37 heavy (non-hydrogen) atoms. The van der Waals surface area contributed by atoms with Crippen LogP contribution in [-0.2, 0) is 4.79 Å². The number of hydrogen-bond donors (Lipinski definition) is 1. The van der Waals surface area contributed by atoms with Crippen molar-refractivity contribution in [2.45, 2.75) is 43.3 Å². The van der Waals surface area contributed by atoms with Crippen LogP contribution in [0.15, 0.2) is 70.9 Å². The molecule has 1 N–H and O–H groups in total. The van der Waals surface area contributed by atoms with Crippen LogP contribution < -0.4 is 10.2 Å². The Morgan fingerprint density at radius 2 is 1.89 bits per heavy atom. The number of benzene rings is 3. The number of thioether (sulfide) groups is 1. The van der Waals surface area contributed by atoms with Crippen molar-refractivity contribution in [3.8, 4) is 17.1 Å². The molecular weight excluding hydrogens is 506 g/mol. The van der Waals surface area contributed by atoms with Gasteiger partial charge in [-0.2, -0.15) is 5.10 Å². The van der Waals surface area contributed by atoms with Crippen LogP contribution in [0.2, 0.25) is 5.02 Å². The molecule has 9 heteroatoms. The van der Waals surface area contributed by atoms with Crippen LogP contribution in [0.3, 0.4) is 0 Å². The lowest BCUT2D eigenvalue weighted by molar-refractivity contribution is -0.118.